The zero-order valence-corrected chi connectivity index (χ0v) is 17.9. The lowest BCUT2D eigenvalue weighted by Crippen LogP contribution is -2.55. The number of nitrogens with two attached hydrogens (primary N) is 1. The first kappa shape index (κ1) is 24.7. The summed E-state index contributed by atoms with van der Waals surface area (Å²) in [5.74, 6) is 0.734. The zero-order chi connectivity index (χ0) is 17.7. The van der Waals surface area contributed by atoms with Crippen molar-refractivity contribution in [3.8, 4) is 5.75 Å². The second-order valence-corrected chi connectivity index (χ2v) is 7.47. The van der Waals surface area contributed by atoms with Gasteiger partial charge in [-0.15, -0.1) is 36.2 Å². The molecule has 1 heterocycles. The van der Waals surface area contributed by atoms with E-state index in [0.29, 0.717) is 24.5 Å². The van der Waals surface area contributed by atoms with E-state index in [9.17, 15) is 4.79 Å². The molecule has 2 rings (SSSR count). The SMILES string of the molecule is Cc1nc(COc2cccc(C(=O)NC(C)(CN)C(C)C)c2)cs1.Cl.Cl. The third-order valence-corrected chi connectivity index (χ3v) is 5.07. The third-order valence-electron chi connectivity index (χ3n) is 4.25. The maximum atomic E-state index is 12.5. The Labute approximate surface area is 171 Å². The Morgan fingerprint density at radius 3 is 2.62 bits per heavy atom. The van der Waals surface area contributed by atoms with Gasteiger partial charge < -0.3 is 15.8 Å². The van der Waals surface area contributed by atoms with Gasteiger partial charge in [-0.05, 0) is 38.0 Å². The van der Waals surface area contributed by atoms with Gasteiger partial charge in [0.1, 0.15) is 12.4 Å². The third kappa shape index (κ3) is 6.43. The summed E-state index contributed by atoms with van der Waals surface area (Å²) in [6.07, 6.45) is 0. The van der Waals surface area contributed by atoms with Gasteiger partial charge in [-0.2, -0.15) is 0 Å². The minimum Gasteiger partial charge on any atom is -0.487 e. The van der Waals surface area contributed by atoms with Crippen molar-refractivity contribution in [3.05, 3.63) is 45.9 Å². The minimum absolute atomic E-state index is 0. The number of carbonyl (C=O) groups is 1. The van der Waals surface area contributed by atoms with Gasteiger partial charge in [-0.25, -0.2) is 4.98 Å². The molecule has 0 fully saturated rings. The Kier molecular flexibility index (Phi) is 10.2. The highest BCUT2D eigenvalue weighted by molar-refractivity contribution is 7.09. The van der Waals surface area contributed by atoms with Crippen molar-refractivity contribution in [2.24, 2.45) is 11.7 Å². The van der Waals surface area contributed by atoms with Gasteiger partial charge in [0.05, 0.1) is 16.2 Å². The van der Waals surface area contributed by atoms with Crippen molar-refractivity contribution in [3.63, 3.8) is 0 Å². The van der Waals surface area contributed by atoms with Gasteiger partial charge in [0.15, 0.2) is 0 Å². The van der Waals surface area contributed by atoms with E-state index in [2.05, 4.69) is 10.3 Å². The van der Waals surface area contributed by atoms with Gasteiger partial charge in [0, 0.05) is 17.5 Å². The number of nitrogens with one attached hydrogen (secondary N) is 1. The van der Waals surface area contributed by atoms with Crippen molar-refractivity contribution in [2.75, 3.05) is 6.54 Å². The fourth-order valence-corrected chi connectivity index (χ4v) is 2.72. The monoisotopic (exact) mass is 419 g/mol. The van der Waals surface area contributed by atoms with Crippen LogP contribution in [0.1, 0.15) is 41.8 Å². The molecule has 1 aromatic heterocycles. The van der Waals surface area contributed by atoms with Crippen LogP contribution >= 0.6 is 36.2 Å². The molecule has 1 amide bonds. The van der Waals surface area contributed by atoms with Crippen molar-refractivity contribution in [1.82, 2.24) is 10.3 Å². The number of hydrogen-bond acceptors (Lipinski definition) is 5. The summed E-state index contributed by atoms with van der Waals surface area (Å²) in [5.41, 5.74) is 6.84. The number of aryl methyl sites for hydroxylation is 1. The van der Waals surface area contributed by atoms with Crippen LogP contribution in [0.4, 0.5) is 0 Å². The summed E-state index contributed by atoms with van der Waals surface area (Å²) in [4.78, 5) is 16.9. The molecule has 2 aromatic rings. The minimum atomic E-state index is -0.438. The molecule has 1 aromatic carbocycles. The Morgan fingerprint density at radius 2 is 2.08 bits per heavy atom. The van der Waals surface area contributed by atoms with E-state index in [4.69, 9.17) is 10.5 Å². The number of nitrogens with zero attached hydrogens (tertiary/aromatic N) is 1. The van der Waals surface area contributed by atoms with Crippen molar-refractivity contribution in [2.45, 2.75) is 39.8 Å². The smallest absolute Gasteiger partial charge is 0.251 e. The average molecular weight is 420 g/mol. The first-order valence-corrected chi connectivity index (χ1v) is 8.88. The quantitative estimate of drug-likeness (QED) is 0.711. The summed E-state index contributed by atoms with van der Waals surface area (Å²) in [7, 11) is 0. The fourth-order valence-electron chi connectivity index (χ4n) is 2.12. The molecule has 1 atom stereocenters. The molecule has 3 N–H and O–H groups in total. The lowest BCUT2D eigenvalue weighted by molar-refractivity contribution is 0.0882. The summed E-state index contributed by atoms with van der Waals surface area (Å²) in [6, 6.07) is 7.16. The van der Waals surface area contributed by atoms with Gasteiger partial charge in [-0.1, -0.05) is 19.9 Å². The van der Waals surface area contributed by atoms with Crippen LogP contribution in [-0.4, -0.2) is 23.0 Å². The number of benzene rings is 1. The van der Waals surface area contributed by atoms with E-state index < -0.39 is 5.54 Å². The predicted molar refractivity (Wildman–Crippen MR) is 112 cm³/mol. The van der Waals surface area contributed by atoms with E-state index in [1.807, 2.05) is 45.2 Å². The van der Waals surface area contributed by atoms with Crippen LogP contribution in [-0.2, 0) is 6.61 Å². The van der Waals surface area contributed by atoms with Crippen molar-refractivity contribution in [1.29, 1.82) is 0 Å². The standard InChI is InChI=1S/C18H25N3O2S.2ClH/c1-12(2)18(4,11-19)21-17(22)14-6-5-7-16(8-14)23-9-15-10-24-13(3)20-15;;/h5-8,10,12H,9,11,19H2,1-4H3,(H,21,22);2*1H. The summed E-state index contributed by atoms with van der Waals surface area (Å²) < 4.78 is 5.74. The average Bonchev–Trinajstić information content (AvgIpc) is 2.98. The van der Waals surface area contributed by atoms with Gasteiger partial charge in [0.25, 0.3) is 5.91 Å². The van der Waals surface area contributed by atoms with Crippen molar-refractivity contribution < 1.29 is 9.53 Å². The molecule has 0 aliphatic carbocycles. The van der Waals surface area contributed by atoms with Crippen molar-refractivity contribution >= 4 is 42.1 Å². The summed E-state index contributed by atoms with van der Waals surface area (Å²) in [6.45, 7) is 8.78. The number of aromatic nitrogens is 1. The van der Waals surface area contributed by atoms with Gasteiger partial charge >= 0.3 is 0 Å². The molecule has 5 nitrogen and oxygen atoms in total. The van der Waals surface area contributed by atoms with Crippen LogP contribution in [0.3, 0.4) is 0 Å². The number of rotatable bonds is 7. The van der Waals surface area contributed by atoms with E-state index in [0.717, 1.165) is 10.7 Å². The van der Waals surface area contributed by atoms with Crippen LogP contribution in [0.5, 0.6) is 5.75 Å². The molecule has 0 spiro atoms. The van der Waals surface area contributed by atoms with E-state index in [-0.39, 0.29) is 36.6 Å². The number of amides is 1. The van der Waals surface area contributed by atoms with Crippen LogP contribution in [0, 0.1) is 12.8 Å². The number of hydrogen-bond donors (Lipinski definition) is 2. The molecule has 8 heteroatoms. The number of ether oxygens (including phenoxy) is 1. The molecule has 146 valence electrons. The Morgan fingerprint density at radius 1 is 1.38 bits per heavy atom. The second kappa shape index (κ2) is 10.7. The topological polar surface area (TPSA) is 77.2 Å². The summed E-state index contributed by atoms with van der Waals surface area (Å²) >= 11 is 1.59. The first-order chi connectivity index (χ1) is 11.3. The Hall–Kier alpha value is -1.34. The lowest BCUT2D eigenvalue weighted by atomic mass is 9.88. The van der Waals surface area contributed by atoms with Gasteiger partial charge in [0.2, 0.25) is 0 Å². The number of halogens is 2. The Bertz CT molecular complexity index is 709. The van der Waals surface area contributed by atoms with E-state index >= 15 is 0 Å². The fraction of sp³-hybridized carbons (Fsp3) is 0.444. The lowest BCUT2D eigenvalue weighted by Gasteiger charge is -2.33. The molecule has 0 aliphatic rings. The highest BCUT2D eigenvalue weighted by atomic mass is 35.5. The molecule has 1 unspecified atom stereocenters. The van der Waals surface area contributed by atoms with Crippen LogP contribution in [0.25, 0.3) is 0 Å². The maximum Gasteiger partial charge on any atom is 0.251 e. The van der Waals surface area contributed by atoms with Crippen LogP contribution in [0.15, 0.2) is 29.6 Å². The van der Waals surface area contributed by atoms with E-state index in [1.165, 1.54) is 0 Å². The molecular formula is C18H27Cl2N3O2S. The first-order valence-electron chi connectivity index (χ1n) is 8.00. The molecular weight excluding hydrogens is 393 g/mol. The normalized spacial score (nSPS) is 12.5. The maximum absolute atomic E-state index is 12.5. The molecule has 0 saturated carbocycles. The van der Waals surface area contributed by atoms with Crippen LogP contribution in [0.2, 0.25) is 0 Å². The highest BCUT2D eigenvalue weighted by Crippen LogP contribution is 2.19. The predicted octanol–water partition coefficient (Wildman–Crippen LogP) is 3.98. The molecule has 0 aliphatic heterocycles. The molecule has 0 saturated heterocycles. The molecule has 0 bridgehead atoms. The van der Waals surface area contributed by atoms with Crippen LogP contribution < -0.4 is 15.8 Å². The zero-order valence-electron chi connectivity index (χ0n) is 15.4. The molecule has 0 radical (unpaired) electrons. The molecule has 26 heavy (non-hydrogen) atoms. The number of carbonyl (C=O) groups excluding carboxylic acids is 1. The second-order valence-electron chi connectivity index (χ2n) is 6.40. The Balaban J connectivity index is 0.00000312. The summed E-state index contributed by atoms with van der Waals surface area (Å²) in [5, 5.41) is 6.02. The largest absolute Gasteiger partial charge is 0.487 e. The van der Waals surface area contributed by atoms with E-state index in [1.54, 1.807) is 23.5 Å². The van der Waals surface area contributed by atoms with Gasteiger partial charge in [-0.3, -0.25) is 4.79 Å². The number of thiazole rings is 1. The highest BCUT2D eigenvalue weighted by Gasteiger charge is 2.28.